The minimum atomic E-state index is -0.747. The van der Waals surface area contributed by atoms with Gasteiger partial charge in [-0.2, -0.15) is 0 Å². The summed E-state index contributed by atoms with van der Waals surface area (Å²) in [6.45, 7) is 2.61. The molecule has 2 aliphatic rings. The lowest BCUT2D eigenvalue weighted by molar-refractivity contribution is 0.0717. The summed E-state index contributed by atoms with van der Waals surface area (Å²) in [6.07, 6.45) is 0.873. The molecule has 1 aromatic carbocycles. The zero-order chi connectivity index (χ0) is 13.9. The average molecular weight is 289 g/mol. The van der Waals surface area contributed by atoms with Crippen LogP contribution in [0, 0.1) is 6.92 Å². The highest BCUT2D eigenvalue weighted by Gasteiger charge is 2.45. The molecule has 3 heterocycles. The molecule has 1 aromatic heterocycles. The van der Waals surface area contributed by atoms with Crippen molar-refractivity contribution in [2.75, 3.05) is 12.3 Å². The van der Waals surface area contributed by atoms with Gasteiger partial charge in [-0.25, -0.2) is 0 Å². The number of hydrogen-bond donors (Lipinski definition) is 0. The number of nitrogens with zero attached hydrogens (tertiary/aromatic N) is 1. The van der Waals surface area contributed by atoms with Crippen molar-refractivity contribution in [3.05, 3.63) is 35.6 Å². The van der Waals surface area contributed by atoms with E-state index >= 15 is 0 Å². The first-order valence-electron chi connectivity index (χ1n) is 6.81. The number of furan rings is 1. The molecule has 2 saturated heterocycles. The molecule has 1 unspecified atom stereocenters. The maximum absolute atomic E-state index is 12.6. The zero-order valence-corrected chi connectivity index (χ0v) is 12.0. The van der Waals surface area contributed by atoms with Crippen LogP contribution in [0.3, 0.4) is 0 Å². The summed E-state index contributed by atoms with van der Waals surface area (Å²) < 4.78 is 17.4. The maximum Gasteiger partial charge on any atom is 0.289 e. The van der Waals surface area contributed by atoms with E-state index in [2.05, 4.69) is 0 Å². The highest BCUT2D eigenvalue weighted by atomic mass is 32.2. The fraction of sp³-hybridized carbons (Fsp3) is 0.400. The van der Waals surface area contributed by atoms with Crippen LogP contribution in [0.5, 0.6) is 0 Å². The zero-order valence-electron chi connectivity index (χ0n) is 11.2. The van der Waals surface area contributed by atoms with E-state index in [1.807, 2.05) is 36.1 Å². The van der Waals surface area contributed by atoms with E-state index in [9.17, 15) is 9.00 Å². The molecule has 4 rings (SSSR count). The lowest BCUT2D eigenvalue weighted by Gasteiger charge is -2.25. The van der Waals surface area contributed by atoms with E-state index in [0.29, 0.717) is 18.1 Å². The molecule has 104 valence electrons. The predicted molar refractivity (Wildman–Crippen MR) is 77.2 cm³/mol. The lowest BCUT2D eigenvalue weighted by atomic mass is 10.1. The number of amides is 1. The fourth-order valence-electron chi connectivity index (χ4n) is 3.25. The van der Waals surface area contributed by atoms with Crippen LogP contribution in [-0.2, 0) is 10.8 Å². The molecule has 2 bridgehead atoms. The highest BCUT2D eigenvalue weighted by Crippen LogP contribution is 2.32. The van der Waals surface area contributed by atoms with Crippen molar-refractivity contribution in [1.82, 2.24) is 4.90 Å². The fourth-order valence-corrected chi connectivity index (χ4v) is 4.98. The van der Waals surface area contributed by atoms with Gasteiger partial charge in [0.2, 0.25) is 0 Å². The number of carbonyl (C=O) groups excluding carboxylic acids is 1. The van der Waals surface area contributed by atoms with Crippen LogP contribution < -0.4 is 0 Å². The van der Waals surface area contributed by atoms with Crippen molar-refractivity contribution in [2.24, 2.45) is 0 Å². The number of rotatable bonds is 1. The first kappa shape index (κ1) is 12.1. The quantitative estimate of drug-likeness (QED) is 0.807. The van der Waals surface area contributed by atoms with Crippen molar-refractivity contribution in [2.45, 2.75) is 24.6 Å². The average Bonchev–Trinajstić information content (AvgIpc) is 3.10. The Labute approximate surface area is 119 Å². The molecule has 5 heteroatoms. The molecule has 3 atom stereocenters. The molecule has 1 amide bonds. The van der Waals surface area contributed by atoms with Gasteiger partial charge in [-0.1, -0.05) is 12.1 Å². The van der Waals surface area contributed by atoms with Gasteiger partial charge < -0.3 is 9.32 Å². The second kappa shape index (κ2) is 4.19. The molecular weight excluding hydrogens is 274 g/mol. The van der Waals surface area contributed by atoms with Gasteiger partial charge in [0, 0.05) is 34.5 Å². The molecule has 0 N–H and O–H groups in total. The number of carbonyl (C=O) groups is 1. The largest absolute Gasteiger partial charge is 0.451 e. The van der Waals surface area contributed by atoms with Crippen LogP contribution >= 0.6 is 0 Å². The second-order valence-electron chi connectivity index (χ2n) is 5.61. The van der Waals surface area contributed by atoms with E-state index in [1.54, 1.807) is 0 Å². The van der Waals surface area contributed by atoms with E-state index in [1.165, 1.54) is 0 Å². The second-order valence-corrected chi connectivity index (χ2v) is 7.38. The molecule has 2 aliphatic heterocycles. The summed E-state index contributed by atoms with van der Waals surface area (Å²) in [4.78, 5) is 14.4. The van der Waals surface area contributed by atoms with Crippen LogP contribution in [0.4, 0.5) is 0 Å². The molecule has 0 aliphatic carbocycles. The summed E-state index contributed by atoms with van der Waals surface area (Å²) in [5.41, 5.74) is 1.86. The van der Waals surface area contributed by atoms with Crippen LogP contribution in [0.25, 0.3) is 11.0 Å². The van der Waals surface area contributed by atoms with Crippen molar-refractivity contribution < 1.29 is 13.4 Å². The Kier molecular flexibility index (Phi) is 2.54. The monoisotopic (exact) mass is 289 g/mol. The number of hydrogen-bond acceptors (Lipinski definition) is 3. The summed E-state index contributed by atoms with van der Waals surface area (Å²) >= 11 is 0. The number of fused-ring (bicyclic) bond motifs is 3. The van der Waals surface area contributed by atoms with E-state index in [0.717, 1.165) is 23.0 Å². The Hall–Kier alpha value is -1.62. The SMILES string of the molecule is Cc1cccc2oc(C(=O)N3C[C@@H]4C[C@H]3CS4=O)cc12. The Bertz CT molecular complexity index is 736. The van der Waals surface area contributed by atoms with Gasteiger partial charge in [0.15, 0.2) is 5.76 Å². The van der Waals surface area contributed by atoms with Crippen molar-refractivity contribution in [3.63, 3.8) is 0 Å². The summed E-state index contributed by atoms with van der Waals surface area (Å²) in [7, 11) is -0.747. The van der Waals surface area contributed by atoms with Gasteiger partial charge in [-0.3, -0.25) is 9.00 Å². The Balaban J connectivity index is 1.68. The Morgan fingerprint density at radius 3 is 2.95 bits per heavy atom. The van der Waals surface area contributed by atoms with Gasteiger partial charge in [0.05, 0.1) is 5.25 Å². The highest BCUT2D eigenvalue weighted by molar-refractivity contribution is 7.86. The van der Waals surface area contributed by atoms with Crippen molar-refractivity contribution in [3.8, 4) is 0 Å². The van der Waals surface area contributed by atoms with Gasteiger partial charge in [-0.05, 0) is 31.0 Å². The van der Waals surface area contributed by atoms with Crippen LogP contribution in [0.15, 0.2) is 28.7 Å². The molecule has 2 aromatic rings. The summed E-state index contributed by atoms with van der Waals surface area (Å²) in [6, 6.07) is 7.77. The number of likely N-dealkylation sites (tertiary alicyclic amines) is 1. The number of benzene rings is 1. The third kappa shape index (κ3) is 1.66. The smallest absolute Gasteiger partial charge is 0.289 e. The lowest BCUT2D eigenvalue weighted by Crippen LogP contribution is -2.42. The van der Waals surface area contributed by atoms with Crippen molar-refractivity contribution in [1.29, 1.82) is 0 Å². The molecule has 2 fully saturated rings. The van der Waals surface area contributed by atoms with Gasteiger partial charge >= 0.3 is 0 Å². The molecule has 0 radical (unpaired) electrons. The standard InChI is InChI=1S/C15H15NO3S/c1-9-3-2-4-13-12(9)6-14(19-13)15(17)16-7-11-5-10(16)8-20(11)18/h2-4,6,10-11H,5,7-8H2,1H3/t10-,11-,20?/m0/s1. The summed E-state index contributed by atoms with van der Waals surface area (Å²) in [5.74, 6) is 0.952. The van der Waals surface area contributed by atoms with E-state index in [4.69, 9.17) is 4.42 Å². The van der Waals surface area contributed by atoms with E-state index < -0.39 is 10.8 Å². The van der Waals surface area contributed by atoms with Crippen molar-refractivity contribution >= 4 is 27.7 Å². The third-order valence-electron chi connectivity index (χ3n) is 4.36. The summed E-state index contributed by atoms with van der Waals surface area (Å²) in [5, 5.41) is 1.15. The minimum absolute atomic E-state index is 0.0650. The molecule has 4 nitrogen and oxygen atoms in total. The topological polar surface area (TPSA) is 50.5 Å². The predicted octanol–water partition coefficient (Wildman–Crippen LogP) is 2.09. The van der Waals surface area contributed by atoms with Crippen LogP contribution in [0.2, 0.25) is 0 Å². The van der Waals surface area contributed by atoms with Crippen LogP contribution in [-0.4, -0.2) is 38.6 Å². The molecular formula is C15H15NO3S. The first-order valence-corrected chi connectivity index (χ1v) is 8.19. The third-order valence-corrected chi connectivity index (χ3v) is 6.15. The molecule has 20 heavy (non-hydrogen) atoms. The Morgan fingerprint density at radius 2 is 2.30 bits per heavy atom. The van der Waals surface area contributed by atoms with Gasteiger partial charge in [0.25, 0.3) is 5.91 Å². The minimum Gasteiger partial charge on any atom is -0.451 e. The molecule has 0 saturated carbocycles. The molecule has 0 spiro atoms. The number of aryl methyl sites for hydroxylation is 1. The Morgan fingerprint density at radius 1 is 1.45 bits per heavy atom. The van der Waals surface area contributed by atoms with Crippen LogP contribution in [0.1, 0.15) is 22.5 Å². The van der Waals surface area contributed by atoms with E-state index in [-0.39, 0.29) is 17.2 Å². The first-order chi connectivity index (χ1) is 9.63. The van der Waals surface area contributed by atoms with Gasteiger partial charge in [-0.15, -0.1) is 0 Å². The normalized spacial score (nSPS) is 28.4. The van der Waals surface area contributed by atoms with Gasteiger partial charge in [0.1, 0.15) is 5.58 Å². The maximum atomic E-state index is 12.6.